The second-order valence-corrected chi connectivity index (χ2v) is 3.76. The van der Waals surface area contributed by atoms with Gasteiger partial charge in [-0.25, -0.2) is 5.48 Å². The third-order valence-electron chi connectivity index (χ3n) is 1.75. The van der Waals surface area contributed by atoms with Gasteiger partial charge in [0.25, 0.3) is 5.91 Å². The fourth-order valence-corrected chi connectivity index (χ4v) is 1.62. The molecule has 1 aromatic heterocycles. The molecule has 0 aliphatic carbocycles. The lowest BCUT2D eigenvalue weighted by Crippen LogP contribution is -2.30. The van der Waals surface area contributed by atoms with Gasteiger partial charge in [-0.3, -0.25) is 14.4 Å². The Morgan fingerprint density at radius 3 is 2.94 bits per heavy atom. The Balaban J connectivity index is 2.16. The highest BCUT2D eigenvalue weighted by Gasteiger charge is 2.06. The first kappa shape index (κ1) is 12.7. The van der Waals surface area contributed by atoms with Crippen molar-refractivity contribution in [3.63, 3.8) is 0 Å². The lowest BCUT2D eigenvalue weighted by molar-refractivity contribution is -0.133. The van der Waals surface area contributed by atoms with Crippen LogP contribution in [0.5, 0.6) is 0 Å². The van der Waals surface area contributed by atoms with Gasteiger partial charge in [0, 0.05) is 23.9 Å². The Kier molecular flexibility index (Phi) is 5.52. The average Bonchev–Trinajstić information content (AvgIpc) is 2.79. The number of carbonyl (C=O) groups is 2. The highest BCUT2D eigenvalue weighted by atomic mass is 32.1. The molecule has 0 bridgehead atoms. The molecule has 0 saturated carbocycles. The third-order valence-corrected chi connectivity index (χ3v) is 2.43. The molecule has 0 radical (unpaired) electrons. The fraction of sp³-hybridized carbons (Fsp3) is 0.400. The number of hydroxylamine groups is 1. The lowest BCUT2D eigenvalue weighted by Gasteiger charge is -2.04. The van der Waals surface area contributed by atoms with E-state index in [-0.39, 0.29) is 18.2 Å². The van der Waals surface area contributed by atoms with Crippen LogP contribution in [0.3, 0.4) is 0 Å². The van der Waals surface area contributed by atoms with E-state index in [9.17, 15) is 9.59 Å². The van der Waals surface area contributed by atoms with Crippen LogP contribution >= 0.6 is 11.3 Å². The molecule has 0 aromatic carbocycles. The molecule has 6 heteroatoms. The van der Waals surface area contributed by atoms with Crippen LogP contribution in [0.4, 0.5) is 0 Å². The maximum absolute atomic E-state index is 11.4. The van der Waals surface area contributed by atoms with Crippen LogP contribution in [0.25, 0.3) is 0 Å². The molecular formula is C10H14N2O3S. The van der Waals surface area contributed by atoms with Crippen molar-refractivity contribution in [2.24, 2.45) is 0 Å². The van der Waals surface area contributed by atoms with Crippen LogP contribution in [0, 0.1) is 0 Å². The van der Waals surface area contributed by atoms with Crippen molar-refractivity contribution in [3.8, 4) is 0 Å². The van der Waals surface area contributed by atoms with E-state index in [1.54, 1.807) is 18.4 Å². The van der Waals surface area contributed by atoms with Crippen molar-refractivity contribution in [2.75, 3.05) is 13.2 Å². The fourth-order valence-electron chi connectivity index (χ4n) is 0.989. The van der Waals surface area contributed by atoms with E-state index in [0.717, 1.165) is 0 Å². The number of carbonyl (C=O) groups excluding carboxylic acids is 2. The predicted molar refractivity (Wildman–Crippen MR) is 61.0 cm³/mol. The summed E-state index contributed by atoms with van der Waals surface area (Å²) in [6, 6.07) is 1.74. The number of thiophene rings is 1. The van der Waals surface area contributed by atoms with Gasteiger partial charge in [0.1, 0.15) is 0 Å². The Labute approximate surface area is 97.8 Å². The third kappa shape index (κ3) is 4.41. The summed E-state index contributed by atoms with van der Waals surface area (Å²) in [5, 5.41) is 6.23. The molecule has 0 atom stereocenters. The number of hydrogen-bond donors (Lipinski definition) is 2. The van der Waals surface area contributed by atoms with Crippen LogP contribution in [-0.2, 0) is 9.63 Å². The molecule has 1 heterocycles. The number of hydrogen-bond acceptors (Lipinski definition) is 4. The molecular weight excluding hydrogens is 228 g/mol. The SMILES string of the molecule is CCONC(=O)CCNC(=O)c1ccsc1. The molecule has 1 aromatic rings. The summed E-state index contributed by atoms with van der Waals surface area (Å²) in [4.78, 5) is 27.2. The van der Waals surface area contributed by atoms with Crippen molar-refractivity contribution in [1.29, 1.82) is 0 Å². The summed E-state index contributed by atoms with van der Waals surface area (Å²) in [5.74, 6) is -0.405. The highest BCUT2D eigenvalue weighted by Crippen LogP contribution is 2.04. The number of amides is 2. The monoisotopic (exact) mass is 242 g/mol. The van der Waals surface area contributed by atoms with Gasteiger partial charge in [-0.15, -0.1) is 0 Å². The molecule has 0 unspecified atom stereocenters. The van der Waals surface area contributed by atoms with Gasteiger partial charge in [-0.1, -0.05) is 0 Å². The van der Waals surface area contributed by atoms with Crippen LogP contribution in [0.2, 0.25) is 0 Å². The van der Waals surface area contributed by atoms with Gasteiger partial charge in [0.2, 0.25) is 5.91 Å². The number of rotatable bonds is 6. The zero-order valence-electron chi connectivity index (χ0n) is 8.99. The van der Waals surface area contributed by atoms with Crippen LogP contribution in [0.1, 0.15) is 23.7 Å². The first-order valence-electron chi connectivity index (χ1n) is 4.95. The minimum absolute atomic E-state index is 0.162. The van der Waals surface area contributed by atoms with E-state index < -0.39 is 0 Å². The molecule has 1 rings (SSSR count). The number of nitrogens with one attached hydrogen (secondary N) is 2. The maximum atomic E-state index is 11.4. The van der Waals surface area contributed by atoms with Gasteiger partial charge in [0.15, 0.2) is 0 Å². The molecule has 0 aliphatic heterocycles. The molecule has 2 N–H and O–H groups in total. The Morgan fingerprint density at radius 1 is 1.50 bits per heavy atom. The standard InChI is InChI=1S/C10H14N2O3S/c1-2-15-12-9(13)3-5-11-10(14)8-4-6-16-7-8/h4,6-7H,2-3,5H2,1H3,(H,11,14)(H,12,13). The zero-order valence-corrected chi connectivity index (χ0v) is 9.80. The molecule has 16 heavy (non-hydrogen) atoms. The predicted octanol–water partition coefficient (Wildman–Crippen LogP) is 0.936. The topological polar surface area (TPSA) is 67.4 Å². The molecule has 0 saturated heterocycles. The largest absolute Gasteiger partial charge is 0.351 e. The minimum atomic E-state index is -0.243. The molecule has 2 amide bonds. The lowest BCUT2D eigenvalue weighted by atomic mass is 10.3. The molecule has 0 aliphatic rings. The van der Waals surface area contributed by atoms with E-state index in [1.165, 1.54) is 11.3 Å². The zero-order chi connectivity index (χ0) is 11.8. The summed E-state index contributed by atoms with van der Waals surface area (Å²) >= 11 is 1.46. The van der Waals surface area contributed by atoms with Crippen LogP contribution in [-0.4, -0.2) is 25.0 Å². The average molecular weight is 242 g/mol. The van der Waals surface area contributed by atoms with Gasteiger partial charge < -0.3 is 5.32 Å². The van der Waals surface area contributed by atoms with E-state index in [1.807, 2.05) is 5.38 Å². The second-order valence-electron chi connectivity index (χ2n) is 2.98. The summed E-state index contributed by atoms with van der Waals surface area (Å²) in [6.45, 7) is 2.50. The quantitative estimate of drug-likeness (QED) is 0.729. The normalized spacial score (nSPS) is 9.81. The Morgan fingerprint density at radius 2 is 2.31 bits per heavy atom. The van der Waals surface area contributed by atoms with Crippen molar-refractivity contribution in [2.45, 2.75) is 13.3 Å². The summed E-state index contributed by atoms with van der Waals surface area (Å²) in [7, 11) is 0. The molecule has 0 fully saturated rings. The van der Waals surface area contributed by atoms with Crippen LogP contribution < -0.4 is 10.8 Å². The Hall–Kier alpha value is -1.40. The van der Waals surface area contributed by atoms with E-state index >= 15 is 0 Å². The second kappa shape index (κ2) is 6.97. The van der Waals surface area contributed by atoms with Gasteiger partial charge >= 0.3 is 0 Å². The summed E-state index contributed by atoms with van der Waals surface area (Å²) < 4.78 is 0. The van der Waals surface area contributed by atoms with Crippen molar-refractivity contribution in [1.82, 2.24) is 10.8 Å². The maximum Gasteiger partial charge on any atom is 0.252 e. The Bertz CT molecular complexity index is 338. The van der Waals surface area contributed by atoms with E-state index in [4.69, 9.17) is 4.84 Å². The first-order valence-corrected chi connectivity index (χ1v) is 5.89. The molecule has 0 spiro atoms. The van der Waals surface area contributed by atoms with Gasteiger partial charge in [-0.05, 0) is 18.4 Å². The van der Waals surface area contributed by atoms with Crippen molar-refractivity contribution in [3.05, 3.63) is 22.4 Å². The molecule has 5 nitrogen and oxygen atoms in total. The summed E-state index contributed by atoms with van der Waals surface area (Å²) in [5.41, 5.74) is 2.87. The molecule has 88 valence electrons. The first-order chi connectivity index (χ1) is 7.74. The van der Waals surface area contributed by atoms with E-state index in [0.29, 0.717) is 18.7 Å². The smallest absolute Gasteiger partial charge is 0.252 e. The van der Waals surface area contributed by atoms with Crippen LogP contribution in [0.15, 0.2) is 16.8 Å². The minimum Gasteiger partial charge on any atom is -0.351 e. The summed E-state index contributed by atoms with van der Waals surface area (Å²) in [6.07, 6.45) is 0.204. The van der Waals surface area contributed by atoms with Gasteiger partial charge in [0.05, 0.1) is 6.61 Å². The highest BCUT2D eigenvalue weighted by molar-refractivity contribution is 7.08. The van der Waals surface area contributed by atoms with Crippen molar-refractivity contribution >= 4 is 23.2 Å². The van der Waals surface area contributed by atoms with Gasteiger partial charge in [-0.2, -0.15) is 11.3 Å². The van der Waals surface area contributed by atoms with E-state index in [2.05, 4.69) is 10.8 Å². The van der Waals surface area contributed by atoms with Crippen molar-refractivity contribution < 1.29 is 14.4 Å².